The summed E-state index contributed by atoms with van der Waals surface area (Å²) in [6.45, 7) is 1.69. The van der Waals surface area contributed by atoms with Crippen LogP contribution >= 0.6 is 0 Å². The second-order valence-corrected chi connectivity index (χ2v) is 4.95. The minimum atomic E-state index is 0.0421. The fourth-order valence-corrected chi connectivity index (χ4v) is 2.60. The Labute approximate surface area is 112 Å². The molecule has 0 saturated carbocycles. The standard InChI is InChI=1S/C15H17N3O/c19-15(18-9-5-1-2-6-10-18)14-12-7-3-4-8-13(12)16-11-17-14/h3-4,7-8,11H,1-2,5-6,9-10H2. The van der Waals surface area contributed by atoms with Crippen molar-refractivity contribution in [1.82, 2.24) is 14.9 Å². The van der Waals surface area contributed by atoms with Crippen molar-refractivity contribution in [2.45, 2.75) is 25.7 Å². The second-order valence-electron chi connectivity index (χ2n) is 4.95. The number of carbonyl (C=O) groups excluding carboxylic acids is 1. The summed E-state index contributed by atoms with van der Waals surface area (Å²) in [6, 6.07) is 7.68. The van der Waals surface area contributed by atoms with Crippen molar-refractivity contribution < 1.29 is 4.79 Å². The Bertz CT molecular complexity index is 583. The number of rotatable bonds is 1. The number of amides is 1. The Balaban J connectivity index is 1.96. The monoisotopic (exact) mass is 255 g/mol. The van der Waals surface area contributed by atoms with Crippen molar-refractivity contribution in [2.24, 2.45) is 0 Å². The Hall–Kier alpha value is -1.97. The maximum absolute atomic E-state index is 12.6. The molecule has 1 amide bonds. The number of hydrogen-bond donors (Lipinski definition) is 0. The Kier molecular flexibility index (Phi) is 3.40. The molecule has 0 atom stereocenters. The molecule has 0 radical (unpaired) electrons. The third-order valence-electron chi connectivity index (χ3n) is 3.64. The van der Waals surface area contributed by atoms with E-state index in [9.17, 15) is 4.79 Å². The lowest BCUT2D eigenvalue weighted by Gasteiger charge is -2.20. The van der Waals surface area contributed by atoms with Crippen molar-refractivity contribution >= 4 is 16.8 Å². The van der Waals surface area contributed by atoms with Crippen LogP contribution < -0.4 is 0 Å². The molecule has 4 nitrogen and oxygen atoms in total. The van der Waals surface area contributed by atoms with Crippen LogP contribution in [0.4, 0.5) is 0 Å². The normalized spacial score (nSPS) is 16.3. The summed E-state index contributed by atoms with van der Waals surface area (Å²) < 4.78 is 0. The van der Waals surface area contributed by atoms with Crippen molar-refractivity contribution in [3.8, 4) is 0 Å². The first-order valence-electron chi connectivity index (χ1n) is 6.85. The molecule has 19 heavy (non-hydrogen) atoms. The van der Waals surface area contributed by atoms with Gasteiger partial charge in [0, 0.05) is 18.5 Å². The maximum Gasteiger partial charge on any atom is 0.273 e. The number of hydrogen-bond acceptors (Lipinski definition) is 3. The molecule has 0 spiro atoms. The lowest BCUT2D eigenvalue weighted by Crippen LogP contribution is -2.32. The van der Waals surface area contributed by atoms with Gasteiger partial charge in [-0.3, -0.25) is 4.79 Å². The van der Waals surface area contributed by atoms with E-state index in [0.717, 1.165) is 36.8 Å². The highest BCUT2D eigenvalue weighted by molar-refractivity contribution is 6.04. The Morgan fingerprint density at radius 1 is 1.00 bits per heavy atom. The zero-order chi connectivity index (χ0) is 13.1. The minimum Gasteiger partial charge on any atom is -0.337 e. The predicted molar refractivity (Wildman–Crippen MR) is 73.9 cm³/mol. The zero-order valence-corrected chi connectivity index (χ0v) is 10.9. The zero-order valence-electron chi connectivity index (χ0n) is 10.9. The fourth-order valence-electron chi connectivity index (χ4n) is 2.60. The Morgan fingerprint density at radius 3 is 2.53 bits per heavy atom. The SMILES string of the molecule is O=C(c1ncnc2ccccc12)N1CCCCCC1. The molecule has 0 aliphatic carbocycles. The van der Waals surface area contributed by atoms with Crippen LogP contribution in [0.2, 0.25) is 0 Å². The quantitative estimate of drug-likeness (QED) is 0.787. The smallest absolute Gasteiger partial charge is 0.273 e. The summed E-state index contributed by atoms with van der Waals surface area (Å²) in [4.78, 5) is 23.0. The van der Waals surface area contributed by atoms with E-state index in [1.54, 1.807) is 0 Å². The first-order chi connectivity index (χ1) is 9.36. The number of fused-ring (bicyclic) bond motifs is 1. The molecule has 1 fully saturated rings. The van der Waals surface area contributed by atoms with Crippen molar-refractivity contribution in [3.05, 3.63) is 36.3 Å². The van der Waals surface area contributed by atoms with Gasteiger partial charge in [-0.25, -0.2) is 9.97 Å². The van der Waals surface area contributed by atoms with E-state index in [2.05, 4.69) is 9.97 Å². The van der Waals surface area contributed by atoms with E-state index in [0.29, 0.717) is 5.69 Å². The highest BCUT2D eigenvalue weighted by Crippen LogP contribution is 2.18. The highest BCUT2D eigenvalue weighted by atomic mass is 16.2. The molecule has 98 valence electrons. The summed E-state index contributed by atoms with van der Waals surface area (Å²) in [5.74, 6) is 0.0421. The fraction of sp³-hybridized carbons (Fsp3) is 0.400. The van der Waals surface area contributed by atoms with Crippen LogP contribution in [0, 0.1) is 0 Å². The number of nitrogens with zero attached hydrogens (tertiary/aromatic N) is 3. The van der Waals surface area contributed by atoms with Gasteiger partial charge >= 0.3 is 0 Å². The van der Waals surface area contributed by atoms with Gasteiger partial charge in [-0.1, -0.05) is 31.0 Å². The summed E-state index contributed by atoms with van der Waals surface area (Å²) in [5, 5.41) is 0.847. The molecule has 2 heterocycles. The van der Waals surface area contributed by atoms with E-state index in [-0.39, 0.29) is 5.91 Å². The summed E-state index contributed by atoms with van der Waals surface area (Å²) in [7, 11) is 0. The van der Waals surface area contributed by atoms with Crippen LogP contribution in [0.25, 0.3) is 10.9 Å². The van der Waals surface area contributed by atoms with Gasteiger partial charge in [0.1, 0.15) is 12.0 Å². The molecule has 2 aromatic rings. The maximum atomic E-state index is 12.6. The average molecular weight is 255 g/mol. The minimum absolute atomic E-state index is 0.0421. The van der Waals surface area contributed by atoms with Crippen molar-refractivity contribution in [1.29, 1.82) is 0 Å². The first kappa shape index (κ1) is 12.1. The van der Waals surface area contributed by atoms with E-state index in [1.807, 2.05) is 29.2 Å². The van der Waals surface area contributed by atoms with Crippen LogP contribution in [0.1, 0.15) is 36.2 Å². The van der Waals surface area contributed by atoms with Gasteiger partial charge in [0.05, 0.1) is 5.52 Å². The molecule has 1 aliphatic rings. The lowest BCUT2D eigenvalue weighted by atomic mass is 10.1. The van der Waals surface area contributed by atoms with Crippen LogP contribution in [0.5, 0.6) is 0 Å². The topological polar surface area (TPSA) is 46.1 Å². The molecule has 1 aromatic carbocycles. The van der Waals surface area contributed by atoms with Crippen LogP contribution in [0.3, 0.4) is 0 Å². The van der Waals surface area contributed by atoms with E-state index in [1.165, 1.54) is 19.2 Å². The molecule has 0 unspecified atom stereocenters. The highest BCUT2D eigenvalue weighted by Gasteiger charge is 2.20. The van der Waals surface area contributed by atoms with Gasteiger partial charge in [0.15, 0.2) is 0 Å². The van der Waals surface area contributed by atoms with Crippen LogP contribution in [-0.2, 0) is 0 Å². The molecule has 0 N–H and O–H groups in total. The van der Waals surface area contributed by atoms with E-state index >= 15 is 0 Å². The predicted octanol–water partition coefficient (Wildman–Crippen LogP) is 2.65. The number of para-hydroxylation sites is 1. The van der Waals surface area contributed by atoms with Crippen LogP contribution in [-0.4, -0.2) is 33.9 Å². The van der Waals surface area contributed by atoms with Crippen molar-refractivity contribution in [2.75, 3.05) is 13.1 Å². The number of benzene rings is 1. The number of likely N-dealkylation sites (tertiary alicyclic amines) is 1. The van der Waals surface area contributed by atoms with Gasteiger partial charge in [-0.05, 0) is 18.9 Å². The Morgan fingerprint density at radius 2 is 1.74 bits per heavy atom. The summed E-state index contributed by atoms with van der Waals surface area (Å²) in [5.41, 5.74) is 1.36. The van der Waals surface area contributed by atoms with Gasteiger partial charge in [-0.2, -0.15) is 0 Å². The lowest BCUT2D eigenvalue weighted by molar-refractivity contribution is 0.0758. The average Bonchev–Trinajstić information content (AvgIpc) is 2.75. The molecule has 0 bridgehead atoms. The third kappa shape index (κ3) is 2.43. The molecule has 3 rings (SSSR count). The summed E-state index contributed by atoms with van der Waals surface area (Å²) >= 11 is 0. The van der Waals surface area contributed by atoms with Crippen molar-refractivity contribution in [3.63, 3.8) is 0 Å². The molecular weight excluding hydrogens is 238 g/mol. The molecular formula is C15H17N3O. The number of aromatic nitrogens is 2. The van der Waals surface area contributed by atoms with E-state index in [4.69, 9.17) is 0 Å². The molecule has 1 aliphatic heterocycles. The molecule has 1 aromatic heterocycles. The van der Waals surface area contributed by atoms with E-state index < -0.39 is 0 Å². The van der Waals surface area contributed by atoms with Crippen LogP contribution in [0.15, 0.2) is 30.6 Å². The largest absolute Gasteiger partial charge is 0.337 e. The van der Waals surface area contributed by atoms with Gasteiger partial charge < -0.3 is 4.90 Å². The first-order valence-corrected chi connectivity index (χ1v) is 6.85. The number of carbonyl (C=O) groups is 1. The third-order valence-corrected chi connectivity index (χ3v) is 3.64. The van der Waals surface area contributed by atoms with Gasteiger partial charge in [0.2, 0.25) is 0 Å². The second kappa shape index (κ2) is 5.34. The molecule has 4 heteroatoms. The summed E-state index contributed by atoms with van der Waals surface area (Å²) in [6.07, 6.45) is 6.10. The molecule has 1 saturated heterocycles. The van der Waals surface area contributed by atoms with Gasteiger partial charge in [-0.15, -0.1) is 0 Å². The van der Waals surface area contributed by atoms with Gasteiger partial charge in [0.25, 0.3) is 5.91 Å².